The van der Waals surface area contributed by atoms with Crippen LogP contribution < -0.4 is 10.1 Å². The molecule has 8 nitrogen and oxygen atoms in total. The van der Waals surface area contributed by atoms with Gasteiger partial charge < -0.3 is 14.6 Å². The predicted octanol–water partition coefficient (Wildman–Crippen LogP) is 3.68. The van der Waals surface area contributed by atoms with E-state index in [-0.39, 0.29) is 22.7 Å². The molecule has 0 spiro atoms. The maximum Gasteiger partial charge on any atom is 0.418 e. The van der Waals surface area contributed by atoms with Crippen molar-refractivity contribution >= 4 is 17.5 Å². The molecule has 0 saturated heterocycles. The van der Waals surface area contributed by atoms with E-state index in [1.165, 1.54) is 49.6 Å². The number of ether oxygens (including phenoxy) is 1. The summed E-state index contributed by atoms with van der Waals surface area (Å²) in [5.74, 6) is -2.62. The highest BCUT2D eigenvalue weighted by atomic mass is 19.4. The zero-order valence-electron chi connectivity index (χ0n) is 17.4. The van der Waals surface area contributed by atoms with Crippen LogP contribution in [0.1, 0.15) is 15.9 Å². The van der Waals surface area contributed by atoms with Crippen LogP contribution >= 0.6 is 0 Å². The van der Waals surface area contributed by atoms with E-state index in [0.717, 1.165) is 29.3 Å². The highest BCUT2D eigenvalue weighted by Crippen LogP contribution is 2.35. The molecule has 0 radical (unpaired) electrons. The second-order valence-corrected chi connectivity index (χ2v) is 6.66. The fraction of sp³-hybridized carbons (Fsp3) is 0.190. The summed E-state index contributed by atoms with van der Waals surface area (Å²) >= 11 is 0. The van der Waals surface area contributed by atoms with Crippen molar-refractivity contribution in [1.29, 1.82) is 0 Å². The maximum absolute atomic E-state index is 14.0. The van der Waals surface area contributed by atoms with Gasteiger partial charge in [-0.25, -0.2) is 14.4 Å². The van der Waals surface area contributed by atoms with Crippen LogP contribution in [-0.2, 0) is 15.8 Å². The summed E-state index contributed by atoms with van der Waals surface area (Å²) in [6.45, 7) is -0.559. The Balaban J connectivity index is 1.80. The van der Waals surface area contributed by atoms with Crippen molar-refractivity contribution in [2.75, 3.05) is 26.1 Å². The van der Waals surface area contributed by atoms with Gasteiger partial charge in [-0.1, -0.05) is 0 Å². The third kappa shape index (κ3) is 5.66. The highest BCUT2D eigenvalue weighted by molar-refractivity contribution is 6.04. The van der Waals surface area contributed by atoms with Gasteiger partial charge in [0.1, 0.15) is 0 Å². The Morgan fingerprint density at radius 2 is 1.94 bits per heavy atom. The van der Waals surface area contributed by atoms with Gasteiger partial charge in [-0.15, -0.1) is 0 Å². The molecule has 2 aromatic carbocycles. The van der Waals surface area contributed by atoms with Crippen LogP contribution in [0.4, 0.5) is 23.2 Å². The average Bonchev–Trinajstić information content (AvgIpc) is 3.31. The summed E-state index contributed by atoms with van der Waals surface area (Å²) in [4.78, 5) is 32.7. The number of rotatable bonds is 7. The number of imidazole rings is 1. The molecule has 3 aromatic rings. The van der Waals surface area contributed by atoms with E-state index in [0.29, 0.717) is 0 Å². The van der Waals surface area contributed by atoms with E-state index in [2.05, 4.69) is 15.1 Å². The van der Waals surface area contributed by atoms with E-state index in [1.807, 2.05) is 0 Å². The third-order valence-electron chi connectivity index (χ3n) is 4.51. The third-order valence-corrected chi connectivity index (χ3v) is 4.51. The first kappa shape index (κ1) is 23.7. The van der Waals surface area contributed by atoms with Crippen LogP contribution in [0.3, 0.4) is 0 Å². The SMILES string of the molecule is CON(C)C(=O)COc1cc(C(=O)Nc2ccc(-n3ccnc3)c(C(F)(F)F)c2)ccc1F. The first-order chi connectivity index (χ1) is 15.6. The van der Waals surface area contributed by atoms with E-state index in [9.17, 15) is 27.2 Å². The molecule has 0 atom stereocenters. The molecule has 3 rings (SSSR count). The minimum absolute atomic E-state index is 0.0915. The quantitative estimate of drug-likeness (QED) is 0.424. The fourth-order valence-corrected chi connectivity index (χ4v) is 2.76. The molecular formula is C21H18F4N4O4. The molecule has 0 fully saturated rings. The number of hydrogen-bond donors (Lipinski definition) is 1. The van der Waals surface area contributed by atoms with Crippen LogP contribution in [0.2, 0.25) is 0 Å². The first-order valence-electron chi connectivity index (χ1n) is 9.34. The lowest BCUT2D eigenvalue weighted by molar-refractivity contribution is -0.170. The summed E-state index contributed by atoms with van der Waals surface area (Å²) in [5.41, 5.74) is -1.37. The summed E-state index contributed by atoms with van der Waals surface area (Å²) in [6, 6.07) is 6.38. The van der Waals surface area contributed by atoms with Crippen LogP contribution in [-0.4, -0.2) is 47.2 Å². The lowest BCUT2D eigenvalue weighted by Gasteiger charge is -2.16. The van der Waals surface area contributed by atoms with E-state index < -0.39 is 36.0 Å². The van der Waals surface area contributed by atoms with E-state index >= 15 is 0 Å². The molecule has 0 aliphatic carbocycles. The Hall–Kier alpha value is -3.93. The van der Waals surface area contributed by atoms with Crippen molar-refractivity contribution < 1.29 is 36.7 Å². The molecular weight excluding hydrogens is 448 g/mol. The smallest absolute Gasteiger partial charge is 0.418 e. The minimum Gasteiger partial charge on any atom is -0.481 e. The molecule has 0 aliphatic rings. The van der Waals surface area contributed by atoms with Crippen molar-refractivity contribution in [2.45, 2.75) is 6.18 Å². The molecule has 1 heterocycles. The summed E-state index contributed by atoms with van der Waals surface area (Å²) in [5, 5.41) is 3.22. The van der Waals surface area contributed by atoms with Crippen molar-refractivity contribution in [3.8, 4) is 11.4 Å². The number of alkyl halides is 3. The number of nitrogens with zero attached hydrogens (tertiary/aromatic N) is 3. The monoisotopic (exact) mass is 466 g/mol. The number of likely N-dealkylation sites (N-methyl/N-ethyl adjacent to an activating group) is 1. The lowest BCUT2D eigenvalue weighted by atomic mass is 10.1. The number of carbonyl (C=O) groups excluding carboxylic acids is 2. The van der Waals surface area contributed by atoms with Crippen LogP contribution in [0.5, 0.6) is 5.75 Å². The standard InChI is InChI=1S/C21H18F4N4O4/c1-28(32-2)19(30)11-33-18-9-13(3-5-16(18)22)20(31)27-14-4-6-17(29-8-7-26-12-29)15(10-14)21(23,24)25/h3-10,12H,11H2,1-2H3,(H,27,31). The molecule has 12 heteroatoms. The predicted molar refractivity (Wildman–Crippen MR) is 108 cm³/mol. The zero-order chi connectivity index (χ0) is 24.2. The lowest BCUT2D eigenvalue weighted by Crippen LogP contribution is -2.30. The van der Waals surface area contributed by atoms with Crippen molar-refractivity contribution in [1.82, 2.24) is 14.6 Å². The second-order valence-electron chi connectivity index (χ2n) is 6.66. The zero-order valence-corrected chi connectivity index (χ0v) is 17.4. The summed E-state index contributed by atoms with van der Waals surface area (Å²) in [7, 11) is 2.59. The fourth-order valence-electron chi connectivity index (χ4n) is 2.76. The van der Waals surface area contributed by atoms with Gasteiger partial charge in [0.2, 0.25) is 0 Å². The average molecular weight is 466 g/mol. The van der Waals surface area contributed by atoms with Crippen molar-refractivity contribution in [3.05, 3.63) is 72.1 Å². The van der Waals surface area contributed by atoms with Crippen LogP contribution in [0.25, 0.3) is 5.69 Å². The molecule has 1 aromatic heterocycles. The van der Waals surface area contributed by atoms with Gasteiger partial charge >= 0.3 is 6.18 Å². The number of hydroxylamine groups is 2. The summed E-state index contributed by atoms with van der Waals surface area (Å²) < 4.78 is 61.0. The van der Waals surface area contributed by atoms with Gasteiger partial charge in [-0.2, -0.15) is 13.2 Å². The van der Waals surface area contributed by atoms with Gasteiger partial charge in [0.05, 0.1) is 24.7 Å². The Labute approximate surface area is 185 Å². The Morgan fingerprint density at radius 3 is 2.58 bits per heavy atom. The molecule has 0 saturated carbocycles. The van der Waals surface area contributed by atoms with Gasteiger partial charge in [0.25, 0.3) is 11.8 Å². The largest absolute Gasteiger partial charge is 0.481 e. The molecule has 0 aliphatic heterocycles. The summed E-state index contributed by atoms with van der Waals surface area (Å²) in [6.07, 6.45) is -0.778. The Bertz CT molecular complexity index is 1150. The second kappa shape index (κ2) is 9.69. The van der Waals surface area contributed by atoms with Crippen molar-refractivity contribution in [2.24, 2.45) is 0 Å². The van der Waals surface area contributed by atoms with Gasteiger partial charge in [0, 0.05) is 30.7 Å². The number of anilines is 1. The molecule has 174 valence electrons. The number of carbonyl (C=O) groups is 2. The van der Waals surface area contributed by atoms with E-state index in [1.54, 1.807) is 0 Å². The number of nitrogens with one attached hydrogen (secondary N) is 1. The number of halogens is 4. The first-order valence-corrected chi connectivity index (χ1v) is 9.34. The minimum atomic E-state index is -4.70. The van der Waals surface area contributed by atoms with E-state index in [4.69, 9.17) is 4.74 Å². The molecule has 0 unspecified atom stereocenters. The highest BCUT2D eigenvalue weighted by Gasteiger charge is 2.34. The molecule has 0 bridgehead atoms. The molecule has 2 amide bonds. The molecule has 33 heavy (non-hydrogen) atoms. The van der Waals surface area contributed by atoms with Gasteiger partial charge in [0.15, 0.2) is 18.2 Å². The number of amides is 2. The number of aromatic nitrogens is 2. The molecule has 1 N–H and O–H groups in total. The topological polar surface area (TPSA) is 85.7 Å². The number of benzene rings is 2. The normalized spacial score (nSPS) is 11.2. The Morgan fingerprint density at radius 1 is 1.18 bits per heavy atom. The van der Waals surface area contributed by atoms with Crippen LogP contribution in [0.15, 0.2) is 55.1 Å². The number of hydrogen-bond acceptors (Lipinski definition) is 5. The van der Waals surface area contributed by atoms with Crippen LogP contribution in [0, 0.1) is 5.82 Å². The maximum atomic E-state index is 14.0. The Kier molecular flexibility index (Phi) is 6.97. The van der Waals surface area contributed by atoms with Gasteiger partial charge in [-0.05, 0) is 36.4 Å². The van der Waals surface area contributed by atoms with Gasteiger partial charge in [-0.3, -0.25) is 14.4 Å². The van der Waals surface area contributed by atoms with Crippen molar-refractivity contribution in [3.63, 3.8) is 0 Å².